The van der Waals surface area contributed by atoms with E-state index >= 15 is 0 Å². The topological polar surface area (TPSA) is 68.5 Å². The third-order valence-corrected chi connectivity index (χ3v) is 2.85. The van der Waals surface area contributed by atoms with Gasteiger partial charge in [-0.3, -0.25) is 9.36 Å². The highest BCUT2D eigenvalue weighted by molar-refractivity contribution is 5.85. The number of ether oxygens (including phenoxy) is 1. The summed E-state index contributed by atoms with van der Waals surface area (Å²) in [5.41, 5.74) is 0.220. The Kier molecular flexibility index (Phi) is 4.32. The zero-order chi connectivity index (χ0) is 14.5. The van der Waals surface area contributed by atoms with Gasteiger partial charge in [-0.25, -0.2) is 4.79 Å². The first kappa shape index (κ1) is 14.0. The zero-order valence-electron chi connectivity index (χ0n) is 11.0. The fourth-order valence-corrected chi connectivity index (χ4v) is 2.01. The summed E-state index contributed by atoms with van der Waals surface area (Å²) >= 11 is 0. The number of rotatable bonds is 5. The third-order valence-electron chi connectivity index (χ3n) is 2.85. The van der Waals surface area contributed by atoms with Gasteiger partial charge < -0.3 is 9.84 Å². The average Bonchev–Trinajstić information content (AvgIpc) is 2.46. The van der Waals surface area contributed by atoms with Gasteiger partial charge in [0, 0.05) is 18.2 Å². The monoisotopic (exact) mass is 273 g/mol. The molecule has 0 radical (unpaired) electrons. The van der Waals surface area contributed by atoms with E-state index in [4.69, 9.17) is 4.74 Å². The predicted octanol–water partition coefficient (Wildman–Crippen LogP) is 2.13. The second kappa shape index (κ2) is 6.16. The van der Waals surface area contributed by atoms with Crippen LogP contribution in [-0.4, -0.2) is 22.2 Å². The van der Waals surface area contributed by atoms with E-state index in [2.05, 4.69) is 0 Å². The number of carbonyl (C=O) groups is 1. The highest BCUT2D eigenvalue weighted by Crippen LogP contribution is 2.19. The van der Waals surface area contributed by atoms with Gasteiger partial charge in [0.1, 0.15) is 5.69 Å². The number of pyridine rings is 1. The molecule has 0 bridgehead atoms. The minimum Gasteiger partial charge on any atom is -0.477 e. The van der Waals surface area contributed by atoms with Crippen molar-refractivity contribution in [2.45, 2.75) is 13.2 Å². The molecule has 1 atom stereocenters. The number of nitrogens with zero attached hydrogens (tertiary/aromatic N) is 1. The average molecular weight is 273 g/mol. The Morgan fingerprint density at radius 2 is 1.90 bits per heavy atom. The normalized spacial score (nSPS) is 12.1. The van der Waals surface area contributed by atoms with Gasteiger partial charge in [0.25, 0.3) is 5.56 Å². The van der Waals surface area contributed by atoms with Crippen LogP contribution in [0.5, 0.6) is 0 Å². The maximum atomic E-state index is 12.1. The van der Waals surface area contributed by atoms with Gasteiger partial charge >= 0.3 is 5.97 Å². The molecule has 1 N–H and O–H groups in total. The molecule has 0 spiro atoms. The van der Waals surface area contributed by atoms with Crippen LogP contribution in [-0.2, 0) is 4.74 Å². The SMILES string of the molecule is CCOC(c1ccccc1)n1c(C(=O)O)cccc1=O. The van der Waals surface area contributed by atoms with Crippen LogP contribution in [0.25, 0.3) is 0 Å². The largest absolute Gasteiger partial charge is 0.477 e. The lowest BCUT2D eigenvalue weighted by Crippen LogP contribution is -2.31. The Bertz CT molecular complexity index is 648. The lowest BCUT2D eigenvalue weighted by atomic mass is 10.2. The Morgan fingerprint density at radius 1 is 1.20 bits per heavy atom. The van der Waals surface area contributed by atoms with Crippen molar-refractivity contribution in [2.24, 2.45) is 0 Å². The van der Waals surface area contributed by atoms with Crippen molar-refractivity contribution in [1.82, 2.24) is 4.57 Å². The van der Waals surface area contributed by atoms with Gasteiger partial charge in [0.15, 0.2) is 6.23 Å². The first-order valence-electron chi connectivity index (χ1n) is 6.26. The van der Waals surface area contributed by atoms with Gasteiger partial charge in [0.2, 0.25) is 0 Å². The van der Waals surface area contributed by atoms with Crippen molar-refractivity contribution in [1.29, 1.82) is 0 Å². The van der Waals surface area contributed by atoms with Gasteiger partial charge in [-0.15, -0.1) is 0 Å². The molecule has 0 aliphatic rings. The molecule has 1 unspecified atom stereocenters. The van der Waals surface area contributed by atoms with Crippen LogP contribution in [0.3, 0.4) is 0 Å². The molecule has 0 aliphatic heterocycles. The second-order valence-corrected chi connectivity index (χ2v) is 4.14. The van der Waals surface area contributed by atoms with Crippen LogP contribution < -0.4 is 5.56 Å². The molecule has 0 amide bonds. The summed E-state index contributed by atoms with van der Waals surface area (Å²) in [6.07, 6.45) is -0.749. The van der Waals surface area contributed by atoms with Crippen LogP contribution in [0.4, 0.5) is 0 Å². The summed E-state index contributed by atoms with van der Waals surface area (Å²) in [5.74, 6) is -1.16. The molecule has 5 nitrogen and oxygen atoms in total. The van der Waals surface area contributed by atoms with E-state index in [1.54, 1.807) is 19.1 Å². The van der Waals surface area contributed by atoms with Crippen molar-refractivity contribution in [3.05, 3.63) is 70.1 Å². The molecule has 2 aromatic rings. The molecule has 1 aromatic heterocycles. The molecular weight excluding hydrogens is 258 g/mol. The third kappa shape index (κ3) is 2.78. The van der Waals surface area contributed by atoms with E-state index in [-0.39, 0.29) is 5.69 Å². The lowest BCUT2D eigenvalue weighted by Gasteiger charge is -2.22. The van der Waals surface area contributed by atoms with E-state index < -0.39 is 17.8 Å². The highest BCUT2D eigenvalue weighted by Gasteiger charge is 2.20. The highest BCUT2D eigenvalue weighted by atomic mass is 16.5. The van der Waals surface area contributed by atoms with Crippen LogP contribution in [0.1, 0.15) is 29.2 Å². The van der Waals surface area contributed by atoms with E-state index in [9.17, 15) is 14.7 Å². The zero-order valence-corrected chi connectivity index (χ0v) is 11.0. The predicted molar refractivity (Wildman–Crippen MR) is 73.9 cm³/mol. The van der Waals surface area contributed by atoms with Gasteiger partial charge in [0.05, 0.1) is 0 Å². The molecule has 0 saturated carbocycles. The molecule has 0 aliphatic carbocycles. The smallest absolute Gasteiger partial charge is 0.352 e. The van der Waals surface area contributed by atoms with E-state index in [0.717, 1.165) is 10.1 Å². The second-order valence-electron chi connectivity index (χ2n) is 4.14. The maximum Gasteiger partial charge on any atom is 0.352 e. The summed E-state index contributed by atoms with van der Waals surface area (Å²) in [6, 6.07) is 13.2. The van der Waals surface area contributed by atoms with Crippen molar-refractivity contribution < 1.29 is 14.6 Å². The number of hydrogen-bond donors (Lipinski definition) is 1. The molecule has 2 rings (SSSR count). The number of carboxylic acids is 1. The van der Waals surface area contributed by atoms with Crippen molar-refractivity contribution in [3.63, 3.8) is 0 Å². The maximum absolute atomic E-state index is 12.1. The van der Waals surface area contributed by atoms with Crippen molar-refractivity contribution in [3.8, 4) is 0 Å². The van der Waals surface area contributed by atoms with Crippen LogP contribution in [0.2, 0.25) is 0 Å². The van der Waals surface area contributed by atoms with Crippen LogP contribution >= 0.6 is 0 Å². The molecular formula is C15H15NO4. The molecule has 0 fully saturated rings. The lowest BCUT2D eigenvalue weighted by molar-refractivity contribution is 0.0328. The number of aromatic carboxylic acids is 1. The number of benzene rings is 1. The fourth-order valence-electron chi connectivity index (χ4n) is 2.01. The van der Waals surface area contributed by atoms with Crippen LogP contribution in [0.15, 0.2) is 53.3 Å². The van der Waals surface area contributed by atoms with Gasteiger partial charge in [-0.05, 0) is 13.0 Å². The van der Waals surface area contributed by atoms with E-state index in [0.29, 0.717) is 6.61 Å². The minimum absolute atomic E-state index is 0.0974. The van der Waals surface area contributed by atoms with Gasteiger partial charge in [-0.2, -0.15) is 0 Å². The fraction of sp³-hybridized carbons (Fsp3) is 0.200. The minimum atomic E-state index is -1.16. The Hall–Kier alpha value is -2.40. The standard InChI is InChI=1S/C15H15NO4/c1-2-20-14(11-7-4-3-5-8-11)16-12(15(18)19)9-6-10-13(16)17/h3-10,14H,2H2,1H3,(H,18,19). The molecule has 20 heavy (non-hydrogen) atoms. The van der Waals surface area contributed by atoms with Crippen molar-refractivity contribution >= 4 is 5.97 Å². The summed E-state index contributed by atoms with van der Waals surface area (Å²) in [5, 5.41) is 9.24. The number of hydrogen-bond acceptors (Lipinski definition) is 3. The number of carboxylic acid groups (broad SMARTS) is 1. The Balaban J connectivity index is 2.61. The van der Waals surface area contributed by atoms with Gasteiger partial charge in [-0.1, -0.05) is 36.4 Å². The number of aromatic nitrogens is 1. The molecule has 5 heteroatoms. The Labute approximate surface area is 116 Å². The van der Waals surface area contributed by atoms with E-state index in [1.807, 2.05) is 18.2 Å². The molecule has 104 valence electrons. The quantitative estimate of drug-likeness (QED) is 0.906. The molecule has 1 heterocycles. The van der Waals surface area contributed by atoms with Crippen LogP contribution in [0, 0.1) is 0 Å². The summed E-state index contributed by atoms with van der Waals surface area (Å²) in [7, 11) is 0. The summed E-state index contributed by atoms with van der Waals surface area (Å²) in [6.45, 7) is 2.16. The summed E-state index contributed by atoms with van der Waals surface area (Å²) in [4.78, 5) is 23.4. The van der Waals surface area contributed by atoms with Crippen molar-refractivity contribution in [2.75, 3.05) is 6.61 Å². The Morgan fingerprint density at radius 3 is 2.50 bits per heavy atom. The first-order valence-corrected chi connectivity index (χ1v) is 6.26. The summed E-state index contributed by atoms with van der Waals surface area (Å²) < 4.78 is 6.74. The first-order chi connectivity index (χ1) is 9.65. The van der Waals surface area contributed by atoms with E-state index in [1.165, 1.54) is 18.2 Å². The molecule has 0 saturated heterocycles. The molecule has 1 aromatic carbocycles.